The molecule has 0 unspecified atom stereocenters. The van der Waals surface area contributed by atoms with Crippen LogP contribution in [0.15, 0.2) is 9.74 Å². The van der Waals surface area contributed by atoms with Crippen molar-refractivity contribution in [1.82, 2.24) is 15.2 Å². The van der Waals surface area contributed by atoms with Crippen LogP contribution in [-0.4, -0.2) is 10.3 Å². The third-order valence-corrected chi connectivity index (χ3v) is 0.640. The molecule has 0 radical (unpaired) electrons. The largest absolute Gasteiger partial charge is 0.377 e. The Morgan fingerprint density at radius 3 is 2.89 bits per heavy atom. The minimum Gasteiger partial charge on any atom is -0.377 e. The predicted molar refractivity (Wildman–Crippen MR) is 25.7 cm³/mol. The third-order valence-electron chi connectivity index (χ3n) is 0.640. The van der Waals surface area contributed by atoms with Gasteiger partial charge in [-0.1, -0.05) is 0 Å². The third kappa shape index (κ3) is 0.892. The maximum atomic E-state index is 6.27. The molecule has 3 N–H and O–H groups in total. The van der Waals surface area contributed by atoms with E-state index >= 15 is 0 Å². The lowest BCUT2D eigenvalue weighted by atomic mass is 10.7. The van der Waals surface area contributed by atoms with Gasteiger partial charge < -0.3 is 5.73 Å². The molecule has 0 saturated heterocycles. The van der Waals surface area contributed by atoms with Gasteiger partial charge in [-0.2, -0.15) is 0 Å². The normalized spacial score (nSPS) is 8.44. The first-order valence-corrected chi connectivity index (χ1v) is 2.00. The van der Waals surface area contributed by atoms with Crippen LogP contribution in [0, 0.1) is 5.53 Å². The highest BCUT2D eigenvalue weighted by molar-refractivity contribution is 5.47. The van der Waals surface area contributed by atoms with E-state index in [-0.39, 0.29) is 11.6 Å². The molecule has 1 aromatic rings. The Kier molecular flexibility index (Phi) is 1.21. The summed E-state index contributed by atoms with van der Waals surface area (Å²) in [6.45, 7) is 0. The van der Waals surface area contributed by atoms with Crippen LogP contribution in [0.5, 0.6) is 0 Å². The van der Waals surface area contributed by atoms with E-state index in [1.165, 1.54) is 0 Å². The molecule has 9 heavy (non-hydrogen) atoms. The Bertz CT molecular complexity index is 245. The maximum Gasteiger partial charge on any atom is 0.327 e. The van der Waals surface area contributed by atoms with E-state index in [1.54, 1.807) is 0 Å². The molecule has 0 aromatic carbocycles. The van der Waals surface area contributed by atoms with Crippen molar-refractivity contribution in [2.75, 3.05) is 5.73 Å². The highest BCUT2D eigenvalue weighted by Gasteiger charge is 2.07. The Balaban J connectivity index is 3.07. The van der Waals surface area contributed by atoms with Gasteiger partial charge in [-0.3, -0.25) is 0 Å². The van der Waals surface area contributed by atoms with Crippen molar-refractivity contribution in [2.45, 2.75) is 0 Å². The highest BCUT2D eigenvalue weighted by atomic mass is 16.6. The Morgan fingerprint density at radius 1 is 1.67 bits per heavy atom. The topological polar surface area (TPSA) is 115 Å². The summed E-state index contributed by atoms with van der Waals surface area (Å²) in [5.74, 6) is 0.0657. The molecule has 1 heterocycles. The van der Waals surface area contributed by atoms with E-state index in [9.17, 15) is 0 Å². The number of rotatable bonds is 1. The first kappa shape index (κ1) is 5.39. The summed E-state index contributed by atoms with van der Waals surface area (Å²) in [5, 5.41) is 9.57. The fraction of sp³-hybridized carbons (Fsp3) is 0. The van der Waals surface area contributed by atoms with Crippen molar-refractivity contribution in [1.29, 1.82) is 5.53 Å². The van der Waals surface area contributed by atoms with Gasteiger partial charge in [-0.25, -0.2) is 4.63 Å². The zero-order chi connectivity index (χ0) is 6.69. The van der Waals surface area contributed by atoms with E-state index in [0.29, 0.717) is 0 Å². The van der Waals surface area contributed by atoms with Crippen LogP contribution in [-0.2, 0) is 0 Å². The van der Waals surface area contributed by atoms with Crippen molar-refractivity contribution in [3.8, 4) is 0 Å². The number of nitrogen functional groups attached to an aromatic ring is 1. The smallest absolute Gasteiger partial charge is 0.327 e. The van der Waals surface area contributed by atoms with E-state index in [4.69, 9.17) is 11.3 Å². The van der Waals surface area contributed by atoms with Crippen molar-refractivity contribution in [2.24, 2.45) is 5.11 Å². The van der Waals surface area contributed by atoms with Crippen LogP contribution in [0.4, 0.5) is 11.6 Å². The number of hydrogen-bond acceptors (Lipinski definition) is 6. The average Bonchev–Trinajstić information content (AvgIpc) is 2.18. The van der Waals surface area contributed by atoms with Crippen molar-refractivity contribution in [3.05, 3.63) is 0 Å². The zero-order valence-electron chi connectivity index (χ0n) is 4.27. The summed E-state index contributed by atoms with van der Waals surface area (Å²) in [6, 6.07) is 0. The summed E-state index contributed by atoms with van der Waals surface area (Å²) in [4.78, 5) is 2.67. The van der Waals surface area contributed by atoms with Crippen LogP contribution >= 0.6 is 0 Å². The van der Waals surface area contributed by atoms with Gasteiger partial charge in [0.15, 0.2) is 5.11 Å². The lowest BCUT2D eigenvalue weighted by molar-refractivity contribution is 0.310. The Morgan fingerprint density at radius 2 is 2.44 bits per heavy atom. The number of hydrogen-bond donors (Lipinski definition) is 2. The van der Waals surface area contributed by atoms with Gasteiger partial charge in [0.05, 0.1) is 0 Å². The van der Waals surface area contributed by atoms with Crippen molar-refractivity contribution >= 4 is 11.6 Å². The quantitative estimate of drug-likeness (QED) is 0.402. The minimum absolute atomic E-state index is 0.0324. The SMILES string of the molecule is N=[N+]=Nc1nonc1N. The van der Waals surface area contributed by atoms with Gasteiger partial charge in [0, 0.05) is 0 Å². The molecule has 7 nitrogen and oxygen atoms in total. The summed E-state index contributed by atoms with van der Waals surface area (Å²) < 4.78 is 4.14. The molecule has 1 rings (SSSR count). The van der Waals surface area contributed by atoms with E-state index in [1.807, 2.05) is 0 Å². The van der Waals surface area contributed by atoms with E-state index in [2.05, 4.69) is 25.0 Å². The summed E-state index contributed by atoms with van der Waals surface area (Å²) in [6.07, 6.45) is 0. The monoisotopic (exact) mass is 127 g/mol. The number of aromatic nitrogens is 2. The van der Waals surface area contributed by atoms with Crippen LogP contribution in [0.1, 0.15) is 0 Å². The van der Waals surface area contributed by atoms with E-state index < -0.39 is 0 Å². The predicted octanol–water partition coefficient (Wildman–Crippen LogP) is -0.166. The average molecular weight is 127 g/mol. The molecule has 0 fully saturated rings. The Hall–Kier alpha value is -1.75. The zero-order valence-corrected chi connectivity index (χ0v) is 4.27. The molecule has 0 amide bonds. The molecule has 0 aliphatic rings. The maximum absolute atomic E-state index is 6.27. The van der Waals surface area contributed by atoms with Crippen LogP contribution < -0.4 is 10.6 Å². The van der Waals surface area contributed by atoms with Crippen molar-refractivity contribution < 1.29 is 4.63 Å². The van der Waals surface area contributed by atoms with Crippen LogP contribution in [0.25, 0.3) is 0 Å². The molecule has 46 valence electrons. The molecule has 0 spiro atoms. The standard InChI is InChI=1S/C2H3N6O/c3-1-2(5-8-4)7-9-6-1/h4H,(H2,3,6)/q+1. The number of nitrogens with two attached hydrogens (primary N) is 1. The second-order valence-electron chi connectivity index (χ2n) is 1.17. The number of nitrogens with zero attached hydrogens (tertiary/aromatic N) is 4. The minimum atomic E-state index is 0.0324. The molecular weight excluding hydrogens is 124 g/mol. The summed E-state index contributed by atoms with van der Waals surface area (Å²) >= 11 is 0. The van der Waals surface area contributed by atoms with Crippen molar-refractivity contribution in [3.63, 3.8) is 0 Å². The molecule has 0 atom stereocenters. The van der Waals surface area contributed by atoms with Gasteiger partial charge in [-0.05, 0) is 10.3 Å². The lowest BCUT2D eigenvalue weighted by Gasteiger charge is -1.67. The molecular formula is C2H3N6O+. The number of nitrogens with one attached hydrogen (secondary N) is 1. The second-order valence-corrected chi connectivity index (χ2v) is 1.17. The van der Waals surface area contributed by atoms with E-state index in [0.717, 1.165) is 0 Å². The van der Waals surface area contributed by atoms with Gasteiger partial charge in [0.25, 0.3) is 0 Å². The summed E-state index contributed by atoms with van der Waals surface area (Å²) in [5.41, 5.74) is 11.4. The lowest BCUT2D eigenvalue weighted by Crippen LogP contribution is -1.82. The molecule has 0 bridgehead atoms. The summed E-state index contributed by atoms with van der Waals surface area (Å²) in [7, 11) is 0. The van der Waals surface area contributed by atoms with Gasteiger partial charge >= 0.3 is 5.82 Å². The molecule has 0 saturated carbocycles. The highest BCUT2D eigenvalue weighted by Crippen LogP contribution is 2.12. The molecule has 7 heteroatoms. The molecule has 0 aliphatic heterocycles. The fourth-order valence-corrected chi connectivity index (χ4v) is 0.308. The second kappa shape index (κ2) is 2.01. The molecule has 0 aliphatic carbocycles. The van der Waals surface area contributed by atoms with Gasteiger partial charge in [-0.15, -0.1) is 0 Å². The fourth-order valence-electron chi connectivity index (χ4n) is 0.308. The molecule has 1 aromatic heterocycles. The van der Waals surface area contributed by atoms with Gasteiger partial charge in [0.1, 0.15) is 5.53 Å². The van der Waals surface area contributed by atoms with Gasteiger partial charge in [0.2, 0.25) is 10.7 Å². The van der Waals surface area contributed by atoms with Crippen LogP contribution in [0.2, 0.25) is 0 Å². The first-order chi connectivity index (χ1) is 4.34. The number of anilines is 1. The first-order valence-electron chi connectivity index (χ1n) is 2.00. The van der Waals surface area contributed by atoms with Crippen LogP contribution in [0.3, 0.4) is 0 Å². The Labute approximate surface area is 49.0 Å².